The Morgan fingerprint density at radius 3 is 2.45 bits per heavy atom. The number of nitro groups is 1. The van der Waals surface area contributed by atoms with E-state index in [2.05, 4.69) is 30.0 Å². The molecule has 2 N–H and O–H groups in total. The zero-order valence-electron chi connectivity index (χ0n) is 16.0. The molecule has 29 heavy (non-hydrogen) atoms. The minimum Gasteiger partial charge on any atom is -0.399 e. The molecule has 8 nitrogen and oxygen atoms in total. The molecule has 0 aromatic heterocycles. The van der Waals surface area contributed by atoms with E-state index in [9.17, 15) is 25.9 Å². The number of nitrogens with two attached hydrogens (primary N) is 1. The summed E-state index contributed by atoms with van der Waals surface area (Å²) in [5, 5.41) is 40.8. The van der Waals surface area contributed by atoms with Crippen LogP contribution in [0, 0.1) is 55.4 Å². The maximum absolute atomic E-state index is 11.0. The molecule has 1 aromatic rings. The lowest BCUT2D eigenvalue weighted by Gasteiger charge is -2.45. The molecule has 1 aromatic carbocycles. The van der Waals surface area contributed by atoms with Gasteiger partial charge in [0.15, 0.2) is 5.41 Å². The summed E-state index contributed by atoms with van der Waals surface area (Å²) in [5.41, 5.74) is 5.98. The van der Waals surface area contributed by atoms with Crippen LogP contribution < -0.4 is 5.73 Å². The van der Waals surface area contributed by atoms with Gasteiger partial charge in [0.05, 0.1) is 28.3 Å². The number of benzene rings is 1. The average Bonchev–Trinajstić information content (AvgIpc) is 2.73. The Morgan fingerprint density at radius 2 is 1.93 bits per heavy atom. The number of rotatable bonds is 4. The first-order valence-corrected chi connectivity index (χ1v) is 9.33. The second-order valence-corrected chi connectivity index (χ2v) is 7.28. The van der Waals surface area contributed by atoms with Crippen molar-refractivity contribution in [3.63, 3.8) is 0 Å². The fourth-order valence-corrected chi connectivity index (χ4v) is 4.42. The number of fused-ring (bicyclic) bond motifs is 1. The normalized spacial score (nSPS) is 23.2. The van der Waals surface area contributed by atoms with Gasteiger partial charge >= 0.3 is 0 Å². The van der Waals surface area contributed by atoms with Crippen molar-refractivity contribution in [2.45, 2.75) is 19.3 Å². The number of allylic oxidation sites excluding steroid dienone is 2. The SMILES string of the molecule is CCCN1CC=C2C(C#N)=C(N)C(C#N)(C#N)[C@@H](c3ccc([N+](=O)[O-])cc3)[C@@H]2C1. The highest BCUT2D eigenvalue weighted by molar-refractivity contribution is 5.59. The first-order chi connectivity index (χ1) is 13.9. The highest BCUT2D eigenvalue weighted by Gasteiger charge is 2.54. The van der Waals surface area contributed by atoms with Gasteiger partial charge in [0.25, 0.3) is 5.69 Å². The van der Waals surface area contributed by atoms with Crippen LogP contribution in [0.3, 0.4) is 0 Å². The van der Waals surface area contributed by atoms with Crippen molar-refractivity contribution in [3.8, 4) is 18.2 Å². The lowest BCUT2D eigenvalue weighted by Crippen LogP contribution is -2.48. The minimum atomic E-state index is -1.72. The molecule has 0 spiro atoms. The summed E-state index contributed by atoms with van der Waals surface area (Å²) in [6.07, 6.45) is 2.90. The molecule has 2 atom stereocenters. The number of nitrogens with zero attached hydrogens (tertiary/aromatic N) is 5. The third-order valence-corrected chi connectivity index (χ3v) is 5.74. The van der Waals surface area contributed by atoms with E-state index in [-0.39, 0.29) is 22.9 Å². The molecule has 0 radical (unpaired) electrons. The first-order valence-electron chi connectivity index (χ1n) is 9.33. The fourth-order valence-electron chi connectivity index (χ4n) is 4.42. The van der Waals surface area contributed by atoms with Crippen molar-refractivity contribution < 1.29 is 4.92 Å². The zero-order chi connectivity index (χ0) is 21.2. The van der Waals surface area contributed by atoms with Crippen LogP contribution in [0.5, 0.6) is 0 Å². The summed E-state index contributed by atoms with van der Waals surface area (Å²) in [6, 6.07) is 12.1. The van der Waals surface area contributed by atoms with Gasteiger partial charge < -0.3 is 5.73 Å². The molecule has 0 unspecified atom stereocenters. The topological polar surface area (TPSA) is 144 Å². The predicted molar refractivity (Wildman–Crippen MR) is 105 cm³/mol. The van der Waals surface area contributed by atoms with Gasteiger partial charge in [-0.3, -0.25) is 15.0 Å². The second-order valence-electron chi connectivity index (χ2n) is 7.28. The fraction of sp³-hybridized carbons (Fsp3) is 0.381. The molecule has 0 saturated carbocycles. The number of nitro benzene ring substituents is 1. The zero-order valence-corrected chi connectivity index (χ0v) is 16.0. The molecule has 0 saturated heterocycles. The highest BCUT2D eigenvalue weighted by Crippen LogP contribution is 2.54. The van der Waals surface area contributed by atoms with Crippen LogP contribution in [-0.4, -0.2) is 29.5 Å². The Balaban J connectivity index is 2.23. The highest BCUT2D eigenvalue weighted by atomic mass is 16.6. The molecular formula is C21H20N6O2. The van der Waals surface area contributed by atoms with Gasteiger partial charge in [-0.05, 0) is 24.1 Å². The summed E-state index contributed by atoms with van der Waals surface area (Å²) < 4.78 is 0. The minimum absolute atomic E-state index is 0.0419. The molecule has 146 valence electrons. The van der Waals surface area contributed by atoms with E-state index in [0.717, 1.165) is 18.5 Å². The summed E-state index contributed by atoms with van der Waals surface area (Å²) >= 11 is 0. The van der Waals surface area contributed by atoms with Crippen LogP contribution >= 0.6 is 0 Å². The van der Waals surface area contributed by atoms with Crippen LogP contribution in [0.15, 0.2) is 47.2 Å². The van der Waals surface area contributed by atoms with Crippen molar-refractivity contribution in [1.82, 2.24) is 4.90 Å². The van der Waals surface area contributed by atoms with Gasteiger partial charge in [0.1, 0.15) is 6.07 Å². The smallest absolute Gasteiger partial charge is 0.269 e. The van der Waals surface area contributed by atoms with E-state index in [1.807, 2.05) is 6.08 Å². The van der Waals surface area contributed by atoms with Crippen LogP contribution in [-0.2, 0) is 0 Å². The molecule has 0 fully saturated rings. The van der Waals surface area contributed by atoms with Gasteiger partial charge in [-0.25, -0.2) is 0 Å². The third-order valence-electron chi connectivity index (χ3n) is 5.74. The number of hydrogen-bond donors (Lipinski definition) is 1. The number of non-ortho nitro benzene ring substituents is 1. The molecule has 8 heteroatoms. The summed E-state index contributed by atoms with van der Waals surface area (Å²) in [6.45, 7) is 4.16. The van der Waals surface area contributed by atoms with E-state index in [1.165, 1.54) is 12.1 Å². The molecule has 1 aliphatic heterocycles. The van der Waals surface area contributed by atoms with Gasteiger partial charge in [0.2, 0.25) is 0 Å². The molecule has 3 rings (SSSR count). The first kappa shape index (κ1) is 20.1. The standard InChI is InChI=1S/C21H20N6O2/c1-2-8-26-9-7-16-17(10-22)20(25)21(12-23,13-24)19(18(16)11-26)14-3-5-15(6-4-14)27(28)29/h3-7,18-19H,2,8-9,11,25H2,1H3/t18-,19+/m1/s1. The van der Waals surface area contributed by atoms with Gasteiger partial charge in [0, 0.05) is 37.1 Å². The number of nitriles is 3. The van der Waals surface area contributed by atoms with Crippen molar-refractivity contribution in [3.05, 3.63) is 62.9 Å². The Bertz CT molecular complexity index is 1010. The molecule has 1 heterocycles. The van der Waals surface area contributed by atoms with Crippen molar-refractivity contribution >= 4 is 5.69 Å². The second kappa shape index (κ2) is 7.75. The molecule has 2 aliphatic rings. The Kier molecular flexibility index (Phi) is 5.37. The largest absolute Gasteiger partial charge is 0.399 e. The van der Waals surface area contributed by atoms with Crippen LogP contribution in [0.4, 0.5) is 5.69 Å². The van der Waals surface area contributed by atoms with Crippen molar-refractivity contribution in [2.75, 3.05) is 19.6 Å². The van der Waals surface area contributed by atoms with Crippen molar-refractivity contribution in [1.29, 1.82) is 15.8 Å². The van der Waals surface area contributed by atoms with Crippen LogP contribution in [0.25, 0.3) is 0 Å². The van der Waals surface area contributed by atoms with E-state index >= 15 is 0 Å². The lowest BCUT2D eigenvalue weighted by molar-refractivity contribution is -0.384. The summed E-state index contributed by atoms with van der Waals surface area (Å²) in [7, 11) is 0. The van der Waals surface area contributed by atoms with Crippen LogP contribution in [0.2, 0.25) is 0 Å². The Hall–Kier alpha value is -3.67. The monoisotopic (exact) mass is 388 g/mol. The Morgan fingerprint density at radius 1 is 1.28 bits per heavy atom. The molecular weight excluding hydrogens is 368 g/mol. The maximum atomic E-state index is 11.0. The average molecular weight is 388 g/mol. The molecule has 0 amide bonds. The van der Waals surface area contributed by atoms with E-state index in [0.29, 0.717) is 18.7 Å². The molecule has 1 aliphatic carbocycles. The maximum Gasteiger partial charge on any atom is 0.269 e. The van der Waals surface area contributed by atoms with E-state index < -0.39 is 16.3 Å². The van der Waals surface area contributed by atoms with Crippen LogP contribution in [0.1, 0.15) is 24.8 Å². The number of hydrogen-bond acceptors (Lipinski definition) is 7. The molecule has 0 bridgehead atoms. The van der Waals surface area contributed by atoms with Gasteiger partial charge in [-0.2, -0.15) is 15.8 Å². The predicted octanol–water partition coefficient (Wildman–Crippen LogP) is 2.73. The Labute approximate surface area is 168 Å². The van der Waals surface area contributed by atoms with Gasteiger partial charge in [-0.1, -0.05) is 25.1 Å². The summed E-state index contributed by atoms with van der Waals surface area (Å²) in [4.78, 5) is 12.7. The van der Waals surface area contributed by atoms with E-state index in [4.69, 9.17) is 5.73 Å². The van der Waals surface area contributed by atoms with Crippen molar-refractivity contribution in [2.24, 2.45) is 17.1 Å². The lowest BCUT2D eigenvalue weighted by atomic mass is 9.58. The third kappa shape index (κ3) is 3.12. The summed E-state index contributed by atoms with van der Waals surface area (Å²) in [5.74, 6) is -0.931. The quantitative estimate of drug-likeness (QED) is 0.616. The van der Waals surface area contributed by atoms with Gasteiger partial charge in [-0.15, -0.1) is 0 Å². The van der Waals surface area contributed by atoms with E-state index in [1.54, 1.807) is 12.1 Å².